The minimum atomic E-state index is -0.260. The monoisotopic (exact) mass is 376 g/mol. The number of nitrogens with one attached hydrogen (secondary N) is 1. The van der Waals surface area contributed by atoms with Crippen LogP contribution in [0.25, 0.3) is 11.3 Å². The minimum absolute atomic E-state index is 0.260. The molecule has 0 saturated heterocycles. The number of nitrogens with zero attached hydrogens (tertiary/aromatic N) is 1. The molecule has 3 aromatic rings. The number of carbonyl (C=O) groups is 1. The van der Waals surface area contributed by atoms with Crippen LogP contribution >= 0.6 is 34.5 Å². The van der Waals surface area contributed by atoms with Gasteiger partial charge in [-0.25, -0.2) is 4.98 Å². The van der Waals surface area contributed by atoms with Gasteiger partial charge in [0.25, 0.3) is 5.91 Å². The molecule has 2 aromatic carbocycles. The predicted octanol–water partition coefficient (Wildman–Crippen LogP) is 5.93. The Kier molecular flexibility index (Phi) is 5.19. The van der Waals surface area contributed by atoms with Crippen molar-refractivity contribution in [1.29, 1.82) is 0 Å². The van der Waals surface area contributed by atoms with Crippen LogP contribution in [0, 0.1) is 0 Å². The zero-order valence-electron chi connectivity index (χ0n) is 12.8. The largest absolute Gasteiger partial charge is 0.298 e. The highest BCUT2D eigenvalue weighted by molar-refractivity contribution is 7.16. The minimum Gasteiger partial charge on any atom is -0.298 e. The first-order valence-corrected chi connectivity index (χ1v) is 8.97. The van der Waals surface area contributed by atoms with E-state index in [1.165, 1.54) is 11.3 Å². The maximum Gasteiger partial charge on any atom is 0.257 e. The summed E-state index contributed by atoms with van der Waals surface area (Å²) in [5.41, 5.74) is 2.40. The van der Waals surface area contributed by atoms with Gasteiger partial charge in [0.1, 0.15) is 0 Å². The molecule has 0 atom stereocenters. The maximum absolute atomic E-state index is 12.4. The van der Waals surface area contributed by atoms with E-state index in [9.17, 15) is 4.79 Å². The van der Waals surface area contributed by atoms with Crippen molar-refractivity contribution in [2.24, 2.45) is 0 Å². The van der Waals surface area contributed by atoms with Crippen molar-refractivity contribution in [3.8, 4) is 11.3 Å². The van der Waals surface area contributed by atoms with E-state index in [1.54, 1.807) is 18.2 Å². The lowest BCUT2D eigenvalue weighted by molar-refractivity contribution is 0.102. The van der Waals surface area contributed by atoms with Crippen molar-refractivity contribution in [2.45, 2.75) is 13.3 Å². The Hall–Kier alpha value is -1.88. The zero-order valence-corrected chi connectivity index (χ0v) is 15.2. The molecular formula is C18H14Cl2N2OS. The van der Waals surface area contributed by atoms with Crippen molar-refractivity contribution in [2.75, 3.05) is 5.32 Å². The molecule has 3 rings (SSSR count). The quantitative estimate of drug-likeness (QED) is 0.612. The Labute approximate surface area is 154 Å². The van der Waals surface area contributed by atoms with Crippen LogP contribution in [-0.2, 0) is 6.42 Å². The summed E-state index contributed by atoms with van der Waals surface area (Å²) in [4.78, 5) is 18.1. The van der Waals surface area contributed by atoms with Crippen LogP contribution in [0.15, 0.2) is 48.5 Å². The highest BCUT2D eigenvalue weighted by atomic mass is 35.5. The van der Waals surface area contributed by atoms with Crippen molar-refractivity contribution in [3.05, 3.63) is 69.0 Å². The topological polar surface area (TPSA) is 42.0 Å². The van der Waals surface area contributed by atoms with Crippen LogP contribution in [0.5, 0.6) is 0 Å². The summed E-state index contributed by atoms with van der Waals surface area (Å²) in [5, 5.41) is 4.18. The molecular weight excluding hydrogens is 363 g/mol. The Morgan fingerprint density at radius 3 is 2.54 bits per heavy atom. The number of hydrogen-bond donors (Lipinski definition) is 1. The van der Waals surface area contributed by atoms with Gasteiger partial charge in [-0.05, 0) is 24.6 Å². The van der Waals surface area contributed by atoms with E-state index in [2.05, 4.69) is 17.2 Å². The molecule has 0 spiro atoms. The van der Waals surface area contributed by atoms with Crippen LogP contribution in [0.2, 0.25) is 10.0 Å². The van der Waals surface area contributed by atoms with Gasteiger partial charge in [-0.1, -0.05) is 60.5 Å². The van der Waals surface area contributed by atoms with Crippen molar-refractivity contribution in [3.63, 3.8) is 0 Å². The second kappa shape index (κ2) is 7.34. The smallest absolute Gasteiger partial charge is 0.257 e. The van der Waals surface area contributed by atoms with E-state index in [1.807, 2.05) is 30.3 Å². The van der Waals surface area contributed by atoms with Gasteiger partial charge in [0.15, 0.2) is 5.13 Å². The number of hydrogen-bond acceptors (Lipinski definition) is 3. The fraction of sp³-hybridized carbons (Fsp3) is 0.111. The number of benzene rings is 2. The number of rotatable bonds is 4. The molecule has 6 heteroatoms. The van der Waals surface area contributed by atoms with Crippen LogP contribution < -0.4 is 5.32 Å². The van der Waals surface area contributed by atoms with E-state index in [-0.39, 0.29) is 5.91 Å². The average molecular weight is 377 g/mol. The number of amides is 1. The van der Waals surface area contributed by atoms with Crippen LogP contribution in [0.3, 0.4) is 0 Å². The SMILES string of the molecule is CCc1sc(NC(=O)c2ccc(Cl)c(Cl)c2)nc1-c1ccccc1. The van der Waals surface area contributed by atoms with Gasteiger partial charge in [0.2, 0.25) is 0 Å². The second-order valence-corrected chi connectivity index (χ2v) is 6.99. The Balaban J connectivity index is 1.86. The summed E-state index contributed by atoms with van der Waals surface area (Å²) < 4.78 is 0. The van der Waals surface area contributed by atoms with E-state index < -0.39 is 0 Å². The maximum atomic E-state index is 12.4. The number of thiazole rings is 1. The standard InChI is InChI=1S/C18H14Cl2N2OS/c1-2-15-16(11-6-4-3-5-7-11)21-18(24-15)22-17(23)12-8-9-13(19)14(20)10-12/h3-10H,2H2,1H3,(H,21,22,23). The molecule has 0 aliphatic heterocycles. The molecule has 0 radical (unpaired) electrons. The first-order chi connectivity index (χ1) is 11.6. The molecule has 0 saturated carbocycles. The molecule has 1 heterocycles. The summed E-state index contributed by atoms with van der Waals surface area (Å²) in [7, 11) is 0. The Bertz CT molecular complexity index is 878. The second-order valence-electron chi connectivity index (χ2n) is 5.09. The summed E-state index contributed by atoms with van der Waals surface area (Å²) in [6, 6.07) is 14.7. The average Bonchev–Trinajstić information content (AvgIpc) is 3.01. The highest BCUT2D eigenvalue weighted by Crippen LogP contribution is 2.32. The van der Waals surface area contributed by atoms with Gasteiger partial charge in [-0.3, -0.25) is 10.1 Å². The van der Waals surface area contributed by atoms with Crippen molar-refractivity contribution >= 4 is 45.6 Å². The molecule has 1 N–H and O–H groups in total. The lowest BCUT2D eigenvalue weighted by Gasteiger charge is -2.03. The van der Waals surface area contributed by atoms with Gasteiger partial charge in [-0.2, -0.15) is 0 Å². The van der Waals surface area contributed by atoms with Gasteiger partial charge in [-0.15, -0.1) is 11.3 Å². The van der Waals surface area contributed by atoms with E-state index >= 15 is 0 Å². The van der Waals surface area contributed by atoms with Crippen molar-refractivity contribution < 1.29 is 4.79 Å². The summed E-state index contributed by atoms with van der Waals surface area (Å²) in [6.07, 6.45) is 0.852. The van der Waals surface area contributed by atoms with E-state index in [4.69, 9.17) is 23.2 Å². The van der Waals surface area contributed by atoms with Crippen molar-refractivity contribution in [1.82, 2.24) is 4.98 Å². The first kappa shape index (κ1) is 17.0. The first-order valence-electron chi connectivity index (χ1n) is 7.40. The molecule has 0 bridgehead atoms. The Morgan fingerprint density at radius 2 is 1.88 bits per heavy atom. The zero-order chi connectivity index (χ0) is 17.1. The summed E-state index contributed by atoms with van der Waals surface area (Å²) in [5.74, 6) is -0.260. The Morgan fingerprint density at radius 1 is 1.12 bits per heavy atom. The van der Waals surface area contributed by atoms with Gasteiger partial charge >= 0.3 is 0 Å². The molecule has 0 fully saturated rings. The van der Waals surface area contributed by atoms with Gasteiger partial charge < -0.3 is 0 Å². The normalized spacial score (nSPS) is 10.6. The number of aromatic nitrogens is 1. The fourth-order valence-electron chi connectivity index (χ4n) is 2.27. The molecule has 1 amide bonds. The number of aryl methyl sites for hydroxylation is 1. The predicted molar refractivity (Wildman–Crippen MR) is 101 cm³/mol. The lowest BCUT2D eigenvalue weighted by atomic mass is 10.1. The molecule has 24 heavy (non-hydrogen) atoms. The van der Waals surface area contributed by atoms with E-state index in [0.29, 0.717) is 20.7 Å². The number of carbonyl (C=O) groups excluding carboxylic acids is 1. The lowest BCUT2D eigenvalue weighted by Crippen LogP contribution is -2.11. The van der Waals surface area contributed by atoms with Crippen LogP contribution in [-0.4, -0.2) is 10.9 Å². The number of anilines is 1. The van der Waals surface area contributed by atoms with Gasteiger partial charge in [0, 0.05) is 16.0 Å². The molecule has 0 aliphatic carbocycles. The van der Waals surface area contributed by atoms with Crippen LogP contribution in [0.1, 0.15) is 22.2 Å². The van der Waals surface area contributed by atoms with E-state index in [0.717, 1.165) is 22.6 Å². The third kappa shape index (κ3) is 3.61. The third-order valence-corrected chi connectivity index (χ3v) is 5.32. The summed E-state index contributed by atoms with van der Waals surface area (Å²) >= 11 is 13.3. The van der Waals surface area contributed by atoms with Gasteiger partial charge in [0.05, 0.1) is 15.7 Å². The molecule has 0 unspecified atom stereocenters. The molecule has 0 aliphatic rings. The fourth-order valence-corrected chi connectivity index (χ4v) is 3.49. The molecule has 1 aromatic heterocycles. The third-order valence-electron chi connectivity index (χ3n) is 3.47. The summed E-state index contributed by atoms with van der Waals surface area (Å²) in [6.45, 7) is 2.07. The molecule has 122 valence electrons. The van der Waals surface area contributed by atoms with Crippen LogP contribution in [0.4, 0.5) is 5.13 Å². The molecule has 3 nitrogen and oxygen atoms in total. The highest BCUT2D eigenvalue weighted by Gasteiger charge is 2.15. The number of halogens is 2.